The summed E-state index contributed by atoms with van der Waals surface area (Å²) >= 11 is 0. The minimum absolute atomic E-state index is 0.264. The quantitative estimate of drug-likeness (QED) is 0.130. The van der Waals surface area contributed by atoms with Crippen LogP contribution in [0.1, 0.15) is 52.9 Å². The molecule has 0 saturated carbocycles. The molecule has 0 spiro atoms. The number of rotatable bonds is 12. The number of allylic oxidation sites excluding steroid dienone is 1. The number of carbonyl (C=O) groups excluding carboxylic acids is 2. The summed E-state index contributed by atoms with van der Waals surface area (Å²) in [6.07, 6.45) is 9.48. The summed E-state index contributed by atoms with van der Waals surface area (Å²) in [5.41, 5.74) is 0.264. The Labute approximate surface area is 215 Å². The zero-order chi connectivity index (χ0) is 29.4. The Morgan fingerprint density at radius 1 is 1.03 bits per heavy atom. The lowest BCUT2D eigenvalue weighted by atomic mass is 10.0. The molecule has 0 bridgehead atoms. The van der Waals surface area contributed by atoms with Gasteiger partial charge in [-0.3, -0.25) is 4.79 Å². The first kappa shape index (κ1) is 42.2. The number of nitriles is 1. The van der Waals surface area contributed by atoms with E-state index in [2.05, 4.69) is 52.1 Å². The standard InChI is InChI=1S/C11H20O2.C5H8O2.C4H7NO2.C3H3N.C3H4O2/c1-4-7-8-10(5-2)9-13-11(12)6-3;1-3-4(2)5(6)7;1-2-4(7)5-3-6;1-2-3-4;1-2-3(4)5/h6,10H,3-5,7-9H2,1-2H3;2-3H2,1H3,(H,6,7);2,6H,1,3H2,(H,5,7);2H,1H2;2H,1H2,(H,4,5). The SMILES string of the molecule is C=C(CC)C(=O)O.C=CC#N.C=CC(=O)NCO.C=CC(=O)O.C=CC(=O)OCC(CC)CCCC. The van der Waals surface area contributed by atoms with Crippen LogP contribution in [0.5, 0.6) is 0 Å². The van der Waals surface area contributed by atoms with Crippen LogP contribution in [0.4, 0.5) is 0 Å². The van der Waals surface area contributed by atoms with Crippen molar-refractivity contribution in [3.05, 3.63) is 62.8 Å². The number of hydrogen-bond donors (Lipinski definition) is 4. The van der Waals surface area contributed by atoms with Gasteiger partial charge in [0.05, 0.1) is 12.7 Å². The van der Waals surface area contributed by atoms with Crippen LogP contribution in [0.3, 0.4) is 0 Å². The van der Waals surface area contributed by atoms with Crippen molar-refractivity contribution < 1.29 is 39.2 Å². The number of amides is 1. The molecule has 0 aromatic carbocycles. The molecule has 0 saturated heterocycles. The summed E-state index contributed by atoms with van der Waals surface area (Å²) in [7, 11) is 0. The molecule has 0 rings (SSSR count). The highest BCUT2D eigenvalue weighted by atomic mass is 16.5. The van der Waals surface area contributed by atoms with Gasteiger partial charge in [-0.1, -0.05) is 72.9 Å². The third-order valence-electron chi connectivity index (χ3n) is 3.61. The third-order valence-corrected chi connectivity index (χ3v) is 3.61. The highest BCUT2D eigenvalue weighted by molar-refractivity contribution is 5.86. The Morgan fingerprint density at radius 2 is 1.53 bits per heavy atom. The molecule has 0 aromatic rings. The first-order chi connectivity index (χ1) is 16.9. The predicted octanol–water partition coefficient (Wildman–Crippen LogP) is 4.16. The van der Waals surface area contributed by atoms with Crippen LogP contribution in [-0.4, -0.2) is 52.5 Å². The number of carboxylic acid groups (broad SMARTS) is 2. The van der Waals surface area contributed by atoms with Gasteiger partial charge < -0.3 is 25.4 Å². The maximum absolute atomic E-state index is 10.8. The number of nitrogens with one attached hydrogen (secondary N) is 1. The van der Waals surface area contributed by atoms with E-state index in [0.29, 0.717) is 18.9 Å². The Morgan fingerprint density at radius 3 is 1.72 bits per heavy atom. The number of carboxylic acids is 2. The van der Waals surface area contributed by atoms with E-state index in [1.54, 1.807) is 13.0 Å². The average molecular weight is 511 g/mol. The molecule has 0 heterocycles. The first-order valence-electron chi connectivity index (χ1n) is 11.0. The lowest BCUT2D eigenvalue weighted by Crippen LogP contribution is -2.20. The Kier molecular flexibility index (Phi) is 41.8. The topological polar surface area (TPSA) is 174 Å². The van der Waals surface area contributed by atoms with E-state index in [9.17, 15) is 19.2 Å². The molecular weight excluding hydrogens is 468 g/mol. The smallest absolute Gasteiger partial charge is 0.330 e. The predicted molar refractivity (Wildman–Crippen MR) is 141 cm³/mol. The van der Waals surface area contributed by atoms with E-state index < -0.39 is 11.9 Å². The van der Waals surface area contributed by atoms with Gasteiger partial charge in [0.25, 0.3) is 0 Å². The zero-order valence-electron chi connectivity index (χ0n) is 21.7. The molecule has 1 atom stereocenters. The molecule has 10 heteroatoms. The summed E-state index contributed by atoms with van der Waals surface area (Å²) in [5.74, 6) is -2.03. The number of carbonyl (C=O) groups is 4. The van der Waals surface area contributed by atoms with Gasteiger partial charge in [-0.2, -0.15) is 5.26 Å². The van der Waals surface area contributed by atoms with Crippen LogP contribution < -0.4 is 5.32 Å². The molecular formula is C26H42N2O8. The van der Waals surface area contributed by atoms with Crippen molar-refractivity contribution >= 4 is 23.8 Å². The van der Waals surface area contributed by atoms with E-state index in [1.807, 2.05) is 0 Å². The van der Waals surface area contributed by atoms with Crippen LogP contribution in [0.15, 0.2) is 62.8 Å². The lowest BCUT2D eigenvalue weighted by Gasteiger charge is -2.13. The van der Waals surface area contributed by atoms with Crippen molar-refractivity contribution in [2.45, 2.75) is 52.9 Å². The van der Waals surface area contributed by atoms with Gasteiger partial charge in [0.15, 0.2) is 0 Å². The summed E-state index contributed by atoms with van der Waals surface area (Å²) < 4.78 is 4.98. The third kappa shape index (κ3) is 47.7. The molecule has 10 nitrogen and oxygen atoms in total. The van der Waals surface area contributed by atoms with Crippen LogP contribution in [-0.2, 0) is 23.9 Å². The molecule has 4 N–H and O–H groups in total. The largest absolute Gasteiger partial charge is 0.478 e. The number of esters is 1. The van der Waals surface area contributed by atoms with Crippen molar-refractivity contribution in [3.63, 3.8) is 0 Å². The van der Waals surface area contributed by atoms with Gasteiger partial charge in [-0.05, 0) is 24.8 Å². The van der Waals surface area contributed by atoms with Gasteiger partial charge in [0, 0.05) is 23.8 Å². The van der Waals surface area contributed by atoms with E-state index in [1.165, 1.54) is 25.0 Å². The molecule has 0 aliphatic carbocycles. The Balaban J connectivity index is -0.000000120. The second-order valence-electron chi connectivity index (χ2n) is 6.29. The number of hydrogen-bond acceptors (Lipinski definition) is 7. The minimum Gasteiger partial charge on any atom is -0.478 e. The second kappa shape index (κ2) is 35.6. The normalized spacial score (nSPS) is 8.75. The first-order valence-corrected chi connectivity index (χ1v) is 11.0. The maximum Gasteiger partial charge on any atom is 0.330 e. The van der Waals surface area contributed by atoms with E-state index in [4.69, 9.17) is 25.3 Å². The van der Waals surface area contributed by atoms with Crippen LogP contribution in [0, 0.1) is 17.2 Å². The van der Waals surface area contributed by atoms with Crippen molar-refractivity contribution in [3.8, 4) is 6.07 Å². The minimum atomic E-state index is -0.981. The molecule has 0 radical (unpaired) electrons. The molecule has 204 valence electrons. The van der Waals surface area contributed by atoms with Gasteiger partial charge in [-0.25, -0.2) is 14.4 Å². The van der Waals surface area contributed by atoms with Crippen molar-refractivity contribution in [1.82, 2.24) is 5.32 Å². The monoisotopic (exact) mass is 510 g/mol. The van der Waals surface area contributed by atoms with E-state index >= 15 is 0 Å². The van der Waals surface area contributed by atoms with Gasteiger partial charge in [-0.15, -0.1) is 0 Å². The molecule has 1 amide bonds. The number of ether oxygens (including phenoxy) is 1. The van der Waals surface area contributed by atoms with Crippen LogP contribution in [0.2, 0.25) is 0 Å². The lowest BCUT2D eigenvalue weighted by molar-refractivity contribution is -0.139. The molecule has 0 aliphatic rings. The summed E-state index contributed by atoms with van der Waals surface area (Å²) in [5, 5.41) is 33.3. The van der Waals surface area contributed by atoms with Gasteiger partial charge >= 0.3 is 17.9 Å². The number of aliphatic hydroxyl groups is 1. The fraction of sp³-hybridized carbons (Fsp3) is 0.423. The fourth-order valence-electron chi connectivity index (χ4n) is 1.46. The number of aliphatic carboxylic acids is 2. The van der Waals surface area contributed by atoms with Crippen molar-refractivity contribution in [1.29, 1.82) is 5.26 Å². The molecule has 0 aromatic heterocycles. The maximum atomic E-state index is 10.8. The average Bonchev–Trinajstić information content (AvgIpc) is 2.89. The van der Waals surface area contributed by atoms with Crippen LogP contribution >= 0.6 is 0 Å². The zero-order valence-corrected chi connectivity index (χ0v) is 21.7. The molecule has 1 unspecified atom stereocenters. The highest BCUT2D eigenvalue weighted by Crippen LogP contribution is 2.12. The molecule has 0 fully saturated rings. The van der Waals surface area contributed by atoms with E-state index in [-0.39, 0.29) is 24.2 Å². The summed E-state index contributed by atoms with van der Waals surface area (Å²) in [4.78, 5) is 39.9. The van der Waals surface area contributed by atoms with Gasteiger partial charge in [0.1, 0.15) is 6.73 Å². The number of nitrogens with zero attached hydrogens (tertiary/aromatic N) is 1. The van der Waals surface area contributed by atoms with Crippen LogP contribution in [0.25, 0.3) is 0 Å². The number of aliphatic hydroxyl groups excluding tert-OH is 1. The van der Waals surface area contributed by atoms with Crippen molar-refractivity contribution in [2.24, 2.45) is 5.92 Å². The van der Waals surface area contributed by atoms with Crippen molar-refractivity contribution in [2.75, 3.05) is 13.3 Å². The molecule has 36 heavy (non-hydrogen) atoms. The number of unbranched alkanes of at least 4 members (excludes halogenated alkanes) is 1. The Bertz CT molecular complexity index is 707. The second-order valence-corrected chi connectivity index (χ2v) is 6.29. The molecule has 0 aliphatic heterocycles. The fourth-order valence-corrected chi connectivity index (χ4v) is 1.46. The summed E-state index contributed by atoms with van der Waals surface area (Å²) in [6.45, 7) is 22.1. The van der Waals surface area contributed by atoms with Gasteiger partial charge in [0.2, 0.25) is 5.91 Å². The highest BCUT2D eigenvalue weighted by Gasteiger charge is 2.07. The Hall–Kier alpha value is -3.97. The summed E-state index contributed by atoms with van der Waals surface area (Å²) in [6, 6.07) is 1.69. The van der Waals surface area contributed by atoms with E-state index in [0.717, 1.165) is 25.0 Å².